The first kappa shape index (κ1) is 31.1. The van der Waals surface area contributed by atoms with Crippen molar-refractivity contribution >= 4 is 33.4 Å². The van der Waals surface area contributed by atoms with Crippen LogP contribution in [0.2, 0.25) is 0 Å². The number of carbonyl (C=O) groups is 3. The lowest BCUT2D eigenvalue weighted by Gasteiger charge is -2.29. The molecule has 0 radical (unpaired) electrons. The molecule has 1 fully saturated rings. The molecule has 1 aliphatic heterocycles. The predicted molar refractivity (Wildman–Crippen MR) is 152 cm³/mol. The molecule has 1 heterocycles. The van der Waals surface area contributed by atoms with Gasteiger partial charge < -0.3 is 24.4 Å². The maximum absolute atomic E-state index is 14.1. The van der Waals surface area contributed by atoms with Crippen molar-refractivity contribution in [1.29, 1.82) is 0 Å². The summed E-state index contributed by atoms with van der Waals surface area (Å²) in [5.41, 5.74) is 0.843. The lowest BCUT2D eigenvalue weighted by molar-refractivity contribution is -0.150. The smallest absolute Gasteiger partial charge is 0.442 e. The van der Waals surface area contributed by atoms with E-state index < -0.39 is 45.1 Å². The molecule has 0 bridgehead atoms. The second-order valence-corrected chi connectivity index (χ2v) is 13.1. The molecule has 1 aliphatic rings. The van der Waals surface area contributed by atoms with E-state index in [0.29, 0.717) is 13.2 Å². The summed E-state index contributed by atoms with van der Waals surface area (Å²) in [7, 11) is -3.60. The second-order valence-electron chi connectivity index (χ2n) is 10.8. The first-order valence-electron chi connectivity index (χ1n) is 13.3. The highest BCUT2D eigenvalue weighted by Crippen LogP contribution is 2.22. The zero-order valence-corrected chi connectivity index (χ0v) is 24.6. The molecule has 3 rings (SSSR count). The van der Waals surface area contributed by atoms with Crippen LogP contribution in [0.15, 0.2) is 63.9 Å². The Bertz CT molecular complexity index is 1270. The molecule has 0 aliphatic carbocycles. The molecule has 0 aromatic heterocycles. The molecule has 10 nitrogen and oxygen atoms in total. The molecular formula is C29H39N3O7S. The Morgan fingerprint density at radius 3 is 2.23 bits per heavy atom. The Labute approximate surface area is 236 Å². The molecule has 1 saturated heterocycles. The number of carbonyl (C=O) groups excluding carboxylic acids is 3. The summed E-state index contributed by atoms with van der Waals surface area (Å²) in [4.78, 5) is 40.9. The third-order valence-corrected chi connectivity index (χ3v) is 8.09. The molecule has 218 valence electrons. The van der Waals surface area contributed by atoms with Crippen LogP contribution in [0.25, 0.3) is 0 Å². The van der Waals surface area contributed by atoms with Gasteiger partial charge in [0.05, 0.1) is 22.9 Å². The number of anilines is 1. The van der Waals surface area contributed by atoms with Gasteiger partial charge in [0.15, 0.2) is 0 Å². The molecule has 2 aromatic carbocycles. The number of esters is 1. The Morgan fingerprint density at radius 1 is 1.02 bits per heavy atom. The minimum Gasteiger partial charge on any atom is -0.459 e. The van der Waals surface area contributed by atoms with Gasteiger partial charge in [-0.2, -0.15) is 0 Å². The highest BCUT2D eigenvalue weighted by Gasteiger charge is 2.29. The standard InChI is InChI=1S/C29H39N3O7S/c1-21(2)26(27(34)38-19-22-9-7-6-8-10-22)30-25(33)20-40(36,31-28(35)39-29(3,4)5)24-13-11-23(12-14-24)32-15-17-37-18-16-32/h6-14,21,26H,15-20H2,1-5H3,(H,30,33)/t26-,40?/m0/s1. The van der Waals surface area contributed by atoms with Crippen LogP contribution in [-0.2, 0) is 40.1 Å². The van der Waals surface area contributed by atoms with E-state index in [9.17, 15) is 18.6 Å². The number of ether oxygens (including phenoxy) is 3. The number of amides is 2. The zero-order chi connectivity index (χ0) is 29.3. The molecule has 0 saturated carbocycles. The number of hydrogen-bond acceptors (Lipinski definition) is 8. The van der Waals surface area contributed by atoms with Crippen molar-refractivity contribution in [2.75, 3.05) is 37.0 Å². The lowest BCUT2D eigenvalue weighted by Crippen LogP contribution is -2.47. The predicted octanol–water partition coefficient (Wildman–Crippen LogP) is 4.17. The van der Waals surface area contributed by atoms with Crippen LogP contribution in [0.4, 0.5) is 10.5 Å². The van der Waals surface area contributed by atoms with E-state index in [2.05, 4.69) is 14.6 Å². The van der Waals surface area contributed by atoms with Gasteiger partial charge in [-0.05, 0) is 56.5 Å². The maximum atomic E-state index is 14.1. The van der Waals surface area contributed by atoms with Gasteiger partial charge in [-0.15, -0.1) is 4.36 Å². The summed E-state index contributed by atoms with van der Waals surface area (Å²) >= 11 is 0. The van der Waals surface area contributed by atoms with E-state index in [0.717, 1.165) is 24.3 Å². The van der Waals surface area contributed by atoms with Crippen molar-refractivity contribution in [3.8, 4) is 0 Å². The van der Waals surface area contributed by atoms with Gasteiger partial charge >= 0.3 is 12.1 Å². The van der Waals surface area contributed by atoms with Gasteiger partial charge in [-0.25, -0.2) is 13.8 Å². The minimum atomic E-state index is -3.60. The van der Waals surface area contributed by atoms with Crippen LogP contribution in [0, 0.1) is 5.92 Å². The average molecular weight is 574 g/mol. The average Bonchev–Trinajstić information content (AvgIpc) is 2.90. The van der Waals surface area contributed by atoms with Gasteiger partial charge in [-0.3, -0.25) is 4.79 Å². The largest absolute Gasteiger partial charge is 0.459 e. The molecule has 40 heavy (non-hydrogen) atoms. The Kier molecular flexibility index (Phi) is 10.7. The Balaban J connectivity index is 1.81. The fraction of sp³-hybridized carbons (Fsp3) is 0.483. The zero-order valence-electron chi connectivity index (χ0n) is 23.8. The number of hydrogen-bond donors (Lipinski definition) is 1. The van der Waals surface area contributed by atoms with E-state index >= 15 is 0 Å². The Hall–Kier alpha value is -3.44. The van der Waals surface area contributed by atoms with Gasteiger partial charge in [0, 0.05) is 23.7 Å². The van der Waals surface area contributed by atoms with Gasteiger partial charge in [0.25, 0.3) is 0 Å². The molecule has 11 heteroatoms. The van der Waals surface area contributed by atoms with Gasteiger partial charge in [0.1, 0.15) is 24.0 Å². The Morgan fingerprint density at radius 2 is 1.65 bits per heavy atom. The van der Waals surface area contributed by atoms with Crippen molar-refractivity contribution in [1.82, 2.24) is 5.32 Å². The van der Waals surface area contributed by atoms with Crippen molar-refractivity contribution in [2.45, 2.75) is 57.8 Å². The minimum absolute atomic E-state index is 0.0545. The highest BCUT2D eigenvalue weighted by molar-refractivity contribution is 7.94. The number of morpholine rings is 1. The van der Waals surface area contributed by atoms with E-state index in [1.54, 1.807) is 58.9 Å². The van der Waals surface area contributed by atoms with E-state index in [-0.39, 0.29) is 17.4 Å². The van der Waals surface area contributed by atoms with Crippen molar-refractivity contribution in [3.05, 3.63) is 60.2 Å². The van der Waals surface area contributed by atoms with Crippen LogP contribution < -0.4 is 10.2 Å². The van der Waals surface area contributed by atoms with Crippen LogP contribution in [-0.4, -0.2) is 65.9 Å². The summed E-state index contributed by atoms with van der Waals surface area (Å²) in [5.74, 6) is -2.26. The number of rotatable bonds is 9. The second kappa shape index (κ2) is 13.8. The first-order valence-corrected chi connectivity index (χ1v) is 15.0. The molecule has 1 N–H and O–H groups in total. The fourth-order valence-corrected chi connectivity index (χ4v) is 5.58. The molecule has 0 spiro atoms. The molecule has 2 atom stereocenters. The van der Waals surface area contributed by atoms with Crippen LogP contribution in [0.5, 0.6) is 0 Å². The summed E-state index contributed by atoms with van der Waals surface area (Å²) in [6.07, 6.45) is -1.04. The topological polar surface area (TPSA) is 124 Å². The van der Waals surface area contributed by atoms with Gasteiger partial charge in [-0.1, -0.05) is 44.2 Å². The van der Waals surface area contributed by atoms with E-state index in [1.165, 1.54) is 0 Å². The van der Waals surface area contributed by atoms with E-state index in [4.69, 9.17) is 14.2 Å². The molecular weight excluding hydrogens is 534 g/mol. The monoisotopic (exact) mass is 573 g/mol. The number of nitrogens with zero attached hydrogens (tertiary/aromatic N) is 2. The third kappa shape index (κ3) is 9.34. The van der Waals surface area contributed by atoms with Crippen LogP contribution >= 0.6 is 0 Å². The number of nitrogens with one attached hydrogen (secondary N) is 1. The van der Waals surface area contributed by atoms with Crippen molar-refractivity contribution in [2.24, 2.45) is 10.3 Å². The van der Waals surface area contributed by atoms with Crippen LogP contribution in [0.1, 0.15) is 40.2 Å². The first-order chi connectivity index (χ1) is 18.9. The lowest BCUT2D eigenvalue weighted by atomic mass is 10.0. The summed E-state index contributed by atoms with van der Waals surface area (Å²) in [6.45, 7) is 11.2. The highest BCUT2D eigenvalue weighted by atomic mass is 32.2. The molecule has 2 aromatic rings. The quantitative estimate of drug-likeness (QED) is 0.444. The SMILES string of the molecule is CC(C)[C@H](NC(=O)CS(=O)(=NC(=O)OC(C)(C)C)c1ccc(N2CCOCC2)cc1)C(=O)OCc1ccccc1. The maximum Gasteiger partial charge on any atom is 0.442 e. The summed E-state index contributed by atoms with van der Waals surface area (Å²) in [5, 5.41) is 2.64. The third-order valence-electron chi connectivity index (χ3n) is 5.98. The number of benzene rings is 2. The fourth-order valence-electron chi connectivity index (χ4n) is 3.97. The van der Waals surface area contributed by atoms with E-state index in [1.807, 2.05) is 30.3 Å². The van der Waals surface area contributed by atoms with Gasteiger partial charge in [0.2, 0.25) is 5.91 Å². The summed E-state index contributed by atoms with van der Waals surface area (Å²) in [6, 6.07) is 15.0. The normalized spacial score (nSPS) is 16.0. The summed E-state index contributed by atoms with van der Waals surface area (Å²) < 4.78 is 34.1. The molecule has 1 unspecified atom stereocenters. The van der Waals surface area contributed by atoms with Crippen LogP contribution in [0.3, 0.4) is 0 Å². The molecule has 2 amide bonds. The van der Waals surface area contributed by atoms with Crippen molar-refractivity contribution in [3.63, 3.8) is 0 Å². The van der Waals surface area contributed by atoms with Crippen molar-refractivity contribution < 1.29 is 32.8 Å².